The maximum absolute atomic E-state index is 14.3. The highest BCUT2D eigenvalue weighted by atomic mass is 35.5. The molecule has 4 rings (SSSR count). The molecule has 2 N–H and O–H groups in total. The lowest BCUT2D eigenvalue weighted by Gasteiger charge is -2.34. The second-order valence-electron chi connectivity index (χ2n) is 9.88. The molecule has 1 fully saturated rings. The van der Waals surface area contributed by atoms with E-state index in [9.17, 15) is 31.2 Å². The second-order valence-corrected chi connectivity index (χ2v) is 13.0. The van der Waals surface area contributed by atoms with Crippen LogP contribution in [0.25, 0.3) is 0 Å². The van der Waals surface area contributed by atoms with Crippen molar-refractivity contribution < 1.29 is 31.2 Å². The van der Waals surface area contributed by atoms with Gasteiger partial charge in [0.15, 0.2) is 9.84 Å². The zero-order valence-corrected chi connectivity index (χ0v) is 25.0. The van der Waals surface area contributed by atoms with Crippen molar-refractivity contribution in [3.8, 4) is 0 Å². The number of rotatable bonds is 8. The Morgan fingerprint density at radius 3 is 2.57 bits per heavy atom. The lowest BCUT2D eigenvalue weighted by Crippen LogP contribution is -2.47. The molecule has 1 saturated heterocycles. The van der Waals surface area contributed by atoms with E-state index in [0.29, 0.717) is 25.9 Å². The van der Waals surface area contributed by atoms with Crippen molar-refractivity contribution in [1.29, 1.82) is 0 Å². The van der Waals surface area contributed by atoms with Crippen LogP contribution in [0, 0.1) is 0 Å². The van der Waals surface area contributed by atoms with Gasteiger partial charge in [-0.2, -0.15) is 18.3 Å². The molecule has 9 nitrogen and oxygen atoms in total. The summed E-state index contributed by atoms with van der Waals surface area (Å²) in [6, 6.07) is 6.95. The van der Waals surface area contributed by atoms with E-state index in [2.05, 4.69) is 15.5 Å². The first-order chi connectivity index (χ1) is 19.7. The number of piperidine rings is 1. The van der Waals surface area contributed by atoms with Crippen LogP contribution in [0.4, 0.5) is 18.9 Å². The minimum absolute atomic E-state index is 0.0698. The first-order valence-electron chi connectivity index (χ1n) is 12.9. The number of benzene rings is 2. The Labute approximate surface area is 250 Å². The first kappa shape index (κ1) is 31.8. The van der Waals surface area contributed by atoms with Crippen molar-refractivity contribution in [1.82, 2.24) is 20.4 Å². The van der Waals surface area contributed by atoms with Gasteiger partial charge < -0.3 is 10.2 Å². The Kier molecular flexibility index (Phi) is 9.55. The average Bonchev–Trinajstić information content (AvgIpc) is 3.48. The number of carbonyl (C=O) groups is 2. The SMILES string of the molecule is CCS(=O)(=O)c1ccc(Cl)cc1N(C)C(=O)c1cc(Cl)c(CN2CCC[C@H](NC(=O)c3ccn[nH]3)C2)c(C(F)(F)F)c1. The number of alkyl halides is 3. The van der Waals surface area contributed by atoms with E-state index in [1.165, 1.54) is 44.4 Å². The van der Waals surface area contributed by atoms with Crippen LogP contribution in [0.2, 0.25) is 10.0 Å². The maximum atomic E-state index is 14.3. The van der Waals surface area contributed by atoms with Gasteiger partial charge in [-0.3, -0.25) is 19.6 Å². The van der Waals surface area contributed by atoms with Crippen LogP contribution in [-0.2, 0) is 22.6 Å². The number of anilines is 1. The molecule has 2 aromatic carbocycles. The highest BCUT2D eigenvalue weighted by molar-refractivity contribution is 7.91. The lowest BCUT2D eigenvalue weighted by molar-refractivity contribution is -0.138. The number of hydrogen-bond acceptors (Lipinski definition) is 6. The van der Waals surface area contributed by atoms with E-state index in [-0.39, 0.29) is 61.7 Å². The van der Waals surface area contributed by atoms with E-state index in [4.69, 9.17) is 23.2 Å². The monoisotopic (exact) mass is 645 g/mol. The molecule has 0 aliphatic carbocycles. The Balaban J connectivity index is 1.61. The van der Waals surface area contributed by atoms with E-state index in [0.717, 1.165) is 17.0 Å². The number of carbonyl (C=O) groups excluding carboxylic acids is 2. The van der Waals surface area contributed by atoms with Crippen LogP contribution in [0.3, 0.4) is 0 Å². The number of amides is 2. The molecule has 0 spiro atoms. The average molecular weight is 647 g/mol. The standard InChI is InChI=1S/C27H28Cl2F3N5O4S/c1-3-42(40,41)24-7-6-17(28)13-23(24)36(2)26(39)16-11-20(27(30,31)32)19(21(29)12-16)15-37-10-4-5-18(14-37)34-25(38)22-8-9-33-35-22/h6-9,11-13,18H,3-5,10,14-15H2,1-2H3,(H,33,35)(H,34,38)/t18-/m0/s1. The van der Waals surface area contributed by atoms with Gasteiger partial charge in [0.25, 0.3) is 11.8 Å². The summed E-state index contributed by atoms with van der Waals surface area (Å²) < 4.78 is 68.2. The normalized spacial score (nSPS) is 16.3. The molecule has 1 aromatic heterocycles. The minimum atomic E-state index is -4.84. The summed E-state index contributed by atoms with van der Waals surface area (Å²) in [5.41, 5.74) is -1.46. The van der Waals surface area contributed by atoms with E-state index < -0.39 is 27.5 Å². The van der Waals surface area contributed by atoms with Crippen LogP contribution in [0.15, 0.2) is 47.5 Å². The molecule has 1 aliphatic heterocycles. The van der Waals surface area contributed by atoms with Crippen LogP contribution >= 0.6 is 23.2 Å². The van der Waals surface area contributed by atoms with Crippen molar-refractivity contribution in [3.63, 3.8) is 0 Å². The van der Waals surface area contributed by atoms with Crippen molar-refractivity contribution in [2.45, 2.75) is 43.4 Å². The molecule has 226 valence electrons. The topological polar surface area (TPSA) is 115 Å². The Morgan fingerprint density at radius 2 is 1.93 bits per heavy atom. The zero-order valence-electron chi connectivity index (χ0n) is 22.6. The van der Waals surface area contributed by atoms with Gasteiger partial charge in [-0.25, -0.2) is 8.42 Å². The summed E-state index contributed by atoms with van der Waals surface area (Å²) in [5, 5.41) is 9.05. The van der Waals surface area contributed by atoms with Crippen molar-refractivity contribution >= 4 is 50.5 Å². The predicted octanol–water partition coefficient (Wildman–Crippen LogP) is 5.20. The number of H-pyrrole nitrogens is 1. The van der Waals surface area contributed by atoms with Crippen molar-refractivity contribution in [2.24, 2.45) is 0 Å². The third-order valence-corrected chi connectivity index (χ3v) is 9.37. The Morgan fingerprint density at radius 1 is 1.19 bits per heavy atom. The molecule has 0 radical (unpaired) electrons. The minimum Gasteiger partial charge on any atom is -0.347 e. The molecule has 42 heavy (non-hydrogen) atoms. The van der Waals surface area contributed by atoms with E-state index >= 15 is 0 Å². The fourth-order valence-electron chi connectivity index (χ4n) is 4.83. The molecule has 2 heterocycles. The maximum Gasteiger partial charge on any atom is 0.416 e. The quantitative estimate of drug-likeness (QED) is 0.348. The van der Waals surface area contributed by atoms with Gasteiger partial charge in [-0.15, -0.1) is 0 Å². The predicted molar refractivity (Wildman–Crippen MR) is 153 cm³/mol. The fraction of sp³-hybridized carbons (Fsp3) is 0.370. The second kappa shape index (κ2) is 12.6. The number of nitrogens with one attached hydrogen (secondary N) is 2. The largest absolute Gasteiger partial charge is 0.416 e. The first-order valence-corrected chi connectivity index (χ1v) is 15.3. The number of aromatic amines is 1. The van der Waals surface area contributed by atoms with Gasteiger partial charge in [-0.05, 0) is 61.3 Å². The summed E-state index contributed by atoms with van der Waals surface area (Å²) in [4.78, 5) is 28.3. The van der Waals surface area contributed by atoms with Crippen LogP contribution in [0.1, 0.15) is 51.7 Å². The van der Waals surface area contributed by atoms with Crippen LogP contribution in [-0.4, -0.2) is 67.3 Å². The summed E-state index contributed by atoms with van der Waals surface area (Å²) in [7, 11) is -2.54. The van der Waals surface area contributed by atoms with Crippen LogP contribution < -0.4 is 10.2 Å². The van der Waals surface area contributed by atoms with Gasteiger partial charge in [0.05, 0.1) is 21.9 Å². The molecule has 2 amide bonds. The van der Waals surface area contributed by atoms with Gasteiger partial charge in [0, 0.05) is 48.0 Å². The Bertz CT molecular complexity index is 1580. The number of likely N-dealkylation sites (tertiary alicyclic amines) is 1. The molecule has 1 atom stereocenters. The molecular formula is C27H28Cl2F3N5O4S. The molecule has 0 saturated carbocycles. The molecule has 1 aliphatic rings. The zero-order chi connectivity index (χ0) is 30.8. The van der Waals surface area contributed by atoms with E-state index in [1.807, 2.05) is 0 Å². The van der Waals surface area contributed by atoms with Crippen molar-refractivity contribution in [3.05, 3.63) is 75.0 Å². The number of hydrogen-bond donors (Lipinski definition) is 2. The molecule has 15 heteroatoms. The highest BCUT2D eigenvalue weighted by Gasteiger charge is 2.37. The lowest BCUT2D eigenvalue weighted by atomic mass is 9.99. The fourth-order valence-corrected chi connectivity index (χ4v) is 6.38. The third kappa shape index (κ3) is 7.08. The van der Waals surface area contributed by atoms with Crippen molar-refractivity contribution in [2.75, 3.05) is 30.8 Å². The van der Waals surface area contributed by atoms with Gasteiger partial charge in [-0.1, -0.05) is 30.1 Å². The van der Waals surface area contributed by atoms with Gasteiger partial charge in [0.2, 0.25) is 0 Å². The summed E-state index contributed by atoms with van der Waals surface area (Å²) >= 11 is 12.5. The Hall–Kier alpha value is -3.13. The number of aromatic nitrogens is 2. The summed E-state index contributed by atoms with van der Waals surface area (Å²) in [6.07, 6.45) is -2.12. The third-order valence-electron chi connectivity index (χ3n) is 7.02. The highest BCUT2D eigenvalue weighted by Crippen LogP contribution is 2.38. The van der Waals surface area contributed by atoms with Crippen LogP contribution in [0.5, 0.6) is 0 Å². The smallest absolute Gasteiger partial charge is 0.347 e. The summed E-state index contributed by atoms with van der Waals surface area (Å²) in [5.74, 6) is -1.52. The van der Waals surface area contributed by atoms with E-state index in [1.54, 1.807) is 4.90 Å². The summed E-state index contributed by atoms with van der Waals surface area (Å²) in [6.45, 7) is 2.04. The molecular weight excluding hydrogens is 618 g/mol. The van der Waals surface area contributed by atoms with Gasteiger partial charge in [0.1, 0.15) is 5.69 Å². The number of sulfone groups is 1. The number of halogens is 5. The van der Waals surface area contributed by atoms with Gasteiger partial charge >= 0.3 is 6.18 Å². The molecule has 0 bridgehead atoms. The molecule has 3 aromatic rings. The molecule has 0 unspecified atom stereocenters. The number of nitrogens with zero attached hydrogens (tertiary/aromatic N) is 3.